The second kappa shape index (κ2) is 6.04. The maximum absolute atomic E-state index is 12.8. The number of benzene rings is 2. The summed E-state index contributed by atoms with van der Waals surface area (Å²) >= 11 is 5.91. The van der Waals surface area contributed by atoms with Gasteiger partial charge in [0.2, 0.25) is 0 Å². The monoisotopic (exact) mass is 279 g/mol. The predicted molar refractivity (Wildman–Crippen MR) is 75.9 cm³/mol. The molecule has 2 rings (SSSR count). The molecule has 4 heteroatoms. The van der Waals surface area contributed by atoms with Crippen LogP contribution in [0.3, 0.4) is 0 Å². The molecule has 0 amide bonds. The molecule has 0 spiro atoms. The summed E-state index contributed by atoms with van der Waals surface area (Å²) in [5.74, 6) is -0.242. The summed E-state index contributed by atoms with van der Waals surface area (Å²) in [6.45, 7) is 0.568. The lowest BCUT2D eigenvalue weighted by molar-refractivity contribution is 0.282. The summed E-state index contributed by atoms with van der Waals surface area (Å²) in [6.07, 6.45) is 0. The Morgan fingerprint density at radius 1 is 1.16 bits per heavy atom. The van der Waals surface area contributed by atoms with Crippen LogP contribution in [0.1, 0.15) is 11.1 Å². The van der Waals surface area contributed by atoms with E-state index >= 15 is 0 Å². The molecule has 0 aliphatic carbocycles. The van der Waals surface area contributed by atoms with Gasteiger partial charge in [-0.1, -0.05) is 23.7 Å². The Hall–Kier alpha value is -1.58. The molecule has 2 nitrogen and oxygen atoms in total. The Morgan fingerprint density at radius 2 is 1.84 bits per heavy atom. The van der Waals surface area contributed by atoms with Crippen molar-refractivity contribution in [3.63, 3.8) is 0 Å². The summed E-state index contributed by atoms with van der Waals surface area (Å²) < 4.78 is 12.8. The molecule has 0 aliphatic rings. The van der Waals surface area contributed by atoms with Crippen LogP contribution in [0, 0.1) is 5.82 Å². The lowest BCUT2D eigenvalue weighted by atomic mass is 10.1. The summed E-state index contributed by atoms with van der Waals surface area (Å²) in [5, 5.41) is 9.96. The first-order chi connectivity index (χ1) is 9.10. The van der Waals surface area contributed by atoms with Crippen LogP contribution in [0.5, 0.6) is 0 Å². The van der Waals surface area contributed by atoms with Gasteiger partial charge in [-0.2, -0.15) is 0 Å². The number of hydrogen-bond acceptors (Lipinski definition) is 2. The minimum absolute atomic E-state index is 0.0658. The van der Waals surface area contributed by atoms with Crippen LogP contribution in [0.25, 0.3) is 0 Å². The molecule has 19 heavy (non-hydrogen) atoms. The van der Waals surface area contributed by atoms with Crippen molar-refractivity contribution in [1.82, 2.24) is 0 Å². The van der Waals surface area contributed by atoms with E-state index in [0.29, 0.717) is 11.6 Å². The van der Waals surface area contributed by atoms with Crippen LogP contribution in [0.4, 0.5) is 10.1 Å². The van der Waals surface area contributed by atoms with Gasteiger partial charge >= 0.3 is 0 Å². The normalized spacial score (nSPS) is 10.5. The molecule has 0 heterocycles. The summed E-state index contributed by atoms with van der Waals surface area (Å²) in [6, 6.07) is 11.8. The molecule has 0 atom stereocenters. The Balaban J connectivity index is 2.19. The van der Waals surface area contributed by atoms with E-state index in [4.69, 9.17) is 11.6 Å². The summed E-state index contributed by atoms with van der Waals surface area (Å²) in [7, 11) is 1.92. The first kappa shape index (κ1) is 13.8. The zero-order valence-electron chi connectivity index (χ0n) is 10.6. The fourth-order valence-corrected chi connectivity index (χ4v) is 2.20. The zero-order chi connectivity index (χ0) is 13.8. The van der Waals surface area contributed by atoms with Crippen molar-refractivity contribution in [3.8, 4) is 0 Å². The Kier molecular flexibility index (Phi) is 4.40. The fourth-order valence-electron chi connectivity index (χ4n) is 2.00. The van der Waals surface area contributed by atoms with Gasteiger partial charge in [0.15, 0.2) is 0 Å². The van der Waals surface area contributed by atoms with E-state index in [1.54, 1.807) is 24.3 Å². The molecule has 0 bridgehead atoms. The van der Waals surface area contributed by atoms with E-state index in [1.807, 2.05) is 18.0 Å². The highest BCUT2D eigenvalue weighted by Gasteiger charge is 2.08. The number of anilines is 1. The topological polar surface area (TPSA) is 23.5 Å². The van der Waals surface area contributed by atoms with E-state index in [0.717, 1.165) is 16.8 Å². The van der Waals surface area contributed by atoms with Gasteiger partial charge in [-0.3, -0.25) is 0 Å². The minimum Gasteiger partial charge on any atom is -0.392 e. The Labute approximate surface area is 117 Å². The van der Waals surface area contributed by atoms with Gasteiger partial charge in [0.05, 0.1) is 6.61 Å². The van der Waals surface area contributed by atoms with E-state index in [1.165, 1.54) is 12.1 Å². The molecular weight excluding hydrogens is 265 g/mol. The molecule has 0 saturated carbocycles. The second-order valence-electron chi connectivity index (χ2n) is 4.41. The Morgan fingerprint density at radius 3 is 2.47 bits per heavy atom. The van der Waals surface area contributed by atoms with E-state index in [9.17, 15) is 9.50 Å². The third kappa shape index (κ3) is 3.46. The SMILES string of the molecule is CN(Cc1ccc(F)cc1)c1ccc(Cl)cc1CO. The lowest BCUT2D eigenvalue weighted by Crippen LogP contribution is -2.18. The molecule has 0 aromatic heterocycles. The molecule has 0 fully saturated rings. The van der Waals surface area contributed by atoms with Crippen molar-refractivity contribution in [1.29, 1.82) is 0 Å². The van der Waals surface area contributed by atoms with Gasteiger partial charge in [0.1, 0.15) is 5.82 Å². The van der Waals surface area contributed by atoms with Crippen LogP contribution in [-0.2, 0) is 13.2 Å². The van der Waals surface area contributed by atoms with Gasteiger partial charge in [-0.05, 0) is 35.9 Å². The maximum Gasteiger partial charge on any atom is 0.123 e. The second-order valence-corrected chi connectivity index (χ2v) is 4.85. The molecule has 0 unspecified atom stereocenters. The fraction of sp³-hybridized carbons (Fsp3) is 0.200. The number of rotatable bonds is 4. The predicted octanol–water partition coefficient (Wildman–Crippen LogP) is 3.61. The van der Waals surface area contributed by atoms with Crippen LogP contribution in [-0.4, -0.2) is 12.2 Å². The van der Waals surface area contributed by atoms with Gasteiger partial charge in [-0.15, -0.1) is 0 Å². The Bertz CT molecular complexity index is 557. The number of hydrogen-bond donors (Lipinski definition) is 1. The van der Waals surface area contributed by atoms with Gasteiger partial charge in [0.25, 0.3) is 0 Å². The van der Waals surface area contributed by atoms with Crippen LogP contribution >= 0.6 is 11.6 Å². The van der Waals surface area contributed by atoms with E-state index in [-0.39, 0.29) is 12.4 Å². The number of nitrogens with zero attached hydrogens (tertiary/aromatic N) is 1. The molecule has 1 N–H and O–H groups in total. The number of aliphatic hydroxyl groups is 1. The number of halogens is 2. The van der Waals surface area contributed by atoms with E-state index in [2.05, 4.69) is 0 Å². The van der Waals surface area contributed by atoms with Gasteiger partial charge in [-0.25, -0.2) is 4.39 Å². The van der Waals surface area contributed by atoms with Crippen molar-refractivity contribution in [2.45, 2.75) is 13.2 Å². The van der Waals surface area contributed by atoms with Crippen molar-refractivity contribution in [2.24, 2.45) is 0 Å². The quantitative estimate of drug-likeness (QED) is 0.924. The molecule has 2 aromatic carbocycles. The van der Waals surface area contributed by atoms with Crippen LogP contribution in [0.15, 0.2) is 42.5 Å². The summed E-state index contributed by atoms with van der Waals surface area (Å²) in [5.41, 5.74) is 2.69. The van der Waals surface area contributed by atoms with E-state index < -0.39 is 0 Å². The van der Waals surface area contributed by atoms with Crippen molar-refractivity contribution in [2.75, 3.05) is 11.9 Å². The first-order valence-electron chi connectivity index (χ1n) is 5.95. The average molecular weight is 280 g/mol. The molecular formula is C15H15ClFNO. The van der Waals surface area contributed by atoms with Crippen molar-refractivity contribution >= 4 is 17.3 Å². The standard InChI is InChI=1S/C15H15ClFNO/c1-18(9-11-2-5-14(17)6-3-11)15-7-4-13(16)8-12(15)10-19/h2-8,19H,9-10H2,1H3. The van der Waals surface area contributed by atoms with Crippen molar-refractivity contribution < 1.29 is 9.50 Å². The van der Waals surface area contributed by atoms with Crippen molar-refractivity contribution in [3.05, 3.63) is 64.4 Å². The molecule has 0 radical (unpaired) electrons. The highest BCUT2D eigenvalue weighted by molar-refractivity contribution is 6.30. The third-order valence-corrected chi connectivity index (χ3v) is 3.19. The van der Waals surface area contributed by atoms with Gasteiger partial charge < -0.3 is 10.0 Å². The average Bonchev–Trinajstić information content (AvgIpc) is 2.41. The maximum atomic E-state index is 12.8. The largest absolute Gasteiger partial charge is 0.392 e. The van der Waals surface area contributed by atoms with Gasteiger partial charge in [0, 0.05) is 29.9 Å². The highest BCUT2D eigenvalue weighted by atomic mass is 35.5. The lowest BCUT2D eigenvalue weighted by Gasteiger charge is -2.22. The molecule has 2 aromatic rings. The molecule has 0 aliphatic heterocycles. The first-order valence-corrected chi connectivity index (χ1v) is 6.33. The van der Waals surface area contributed by atoms with Crippen LogP contribution < -0.4 is 4.90 Å². The summed E-state index contributed by atoms with van der Waals surface area (Å²) in [4.78, 5) is 2.00. The third-order valence-electron chi connectivity index (χ3n) is 2.96. The molecule has 0 saturated heterocycles. The molecule has 100 valence electrons. The van der Waals surface area contributed by atoms with Crippen LogP contribution in [0.2, 0.25) is 5.02 Å². The highest BCUT2D eigenvalue weighted by Crippen LogP contribution is 2.24. The zero-order valence-corrected chi connectivity index (χ0v) is 11.4. The number of aliphatic hydroxyl groups excluding tert-OH is 1. The smallest absolute Gasteiger partial charge is 0.123 e. The minimum atomic E-state index is -0.242.